The lowest BCUT2D eigenvalue weighted by Crippen LogP contribution is -2.22. The number of hydrogen-bond donors (Lipinski definition) is 3. The number of alkyl halides is 3. The largest absolute Gasteiger partial charge is 0.430 e. The van der Waals surface area contributed by atoms with Crippen LogP contribution in [0.15, 0.2) is 45.2 Å². The summed E-state index contributed by atoms with van der Waals surface area (Å²) in [5, 5.41) is 2.51. The Balaban J connectivity index is 2.98. The number of pyridine rings is 1. The van der Waals surface area contributed by atoms with Gasteiger partial charge in [-0.25, -0.2) is 0 Å². The first-order chi connectivity index (χ1) is 9.11. The Kier molecular flexibility index (Phi) is 4.88. The third-order valence-corrected chi connectivity index (χ3v) is 2.63. The van der Waals surface area contributed by atoms with E-state index in [2.05, 4.69) is 21.2 Å². The highest BCUT2D eigenvalue weighted by molar-refractivity contribution is 9.10. The molecule has 1 heterocycles. The average molecular weight is 353 g/mol. The van der Waals surface area contributed by atoms with Gasteiger partial charge in [0.15, 0.2) is 0 Å². The van der Waals surface area contributed by atoms with Crippen molar-refractivity contribution in [3.05, 3.63) is 50.8 Å². The fourth-order valence-corrected chi connectivity index (χ4v) is 1.77. The lowest BCUT2D eigenvalue weighted by atomic mass is 10.3. The minimum absolute atomic E-state index is 0.120. The van der Waals surface area contributed by atoms with Gasteiger partial charge in [0.05, 0.1) is 0 Å². The molecule has 9 heteroatoms. The minimum Gasteiger partial charge on any atom is -0.395 e. The predicted octanol–water partition coefficient (Wildman–Crippen LogP) is 1.76. The van der Waals surface area contributed by atoms with E-state index in [0.717, 1.165) is 6.08 Å². The SMILES string of the molecule is Cn1cc(Br)cc(N/C(N)=C/C=C(\N)C(F)(F)F)c1=O. The quantitative estimate of drug-likeness (QED) is 0.723. The number of nitrogens with two attached hydrogens (primary N) is 2. The van der Waals surface area contributed by atoms with Crippen molar-refractivity contribution in [2.24, 2.45) is 18.5 Å². The smallest absolute Gasteiger partial charge is 0.395 e. The molecule has 0 aliphatic heterocycles. The summed E-state index contributed by atoms with van der Waals surface area (Å²) in [4.78, 5) is 11.7. The molecular formula is C11H12BrF3N4O. The number of anilines is 1. The Morgan fingerprint density at radius 2 is 2.00 bits per heavy atom. The van der Waals surface area contributed by atoms with Crippen LogP contribution in [0.3, 0.4) is 0 Å². The summed E-state index contributed by atoms with van der Waals surface area (Å²) in [5.74, 6) is -0.146. The molecule has 0 aromatic carbocycles. The molecule has 20 heavy (non-hydrogen) atoms. The Labute approximate surface area is 120 Å². The first-order valence-electron chi connectivity index (χ1n) is 5.24. The molecule has 5 N–H and O–H groups in total. The Hall–Kier alpha value is -1.90. The third kappa shape index (κ3) is 4.34. The van der Waals surface area contributed by atoms with Gasteiger partial charge in [0.2, 0.25) is 0 Å². The number of aryl methyl sites for hydroxylation is 1. The molecule has 5 nitrogen and oxygen atoms in total. The highest BCUT2D eigenvalue weighted by atomic mass is 79.9. The van der Waals surface area contributed by atoms with Crippen LogP contribution in [0.5, 0.6) is 0 Å². The van der Waals surface area contributed by atoms with Crippen molar-refractivity contribution in [2.45, 2.75) is 6.18 Å². The van der Waals surface area contributed by atoms with Crippen LogP contribution in [-0.2, 0) is 7.05 Å². The van der Waals surface area contributed by atoms with E-state index in [9.17, 15) is 18.0 Å². The zero-order valence-electron chi connectivity index (χ0n) is 10.3. The van der Waals surface area contributed by atoms with E-state index in [1.165, 1.54) is 23.9 Å². The normalized spacial score (nSPS) is 13.4. The van der Waals surface area contributed by atoms with Gasteiger partial charge in [0.25, 0.3) is 5.56 Å². The molecule has 110 valence electrons. The fraction of sp³-hybridized carbons (Fsp3) is 0.182. The molecule has 0 saturated carbocycles. The Bertz CT molecular complexity index is 619. The Morgan fingerprint density at radius 3 is 2.55 bits per heavy atom. The topological polar surface area (TPSA) is 86.1 Å². The maximum atomic E-state index is 12.2. The number of allylic oxidation sites excluding steroid dienone is 3. The van der Waals surface area contributed by atoms with Crippen molar-refractivity contribution < 1.29 is 13.2 Å². The van der Waals surface area contributed by atoms with E-state index in [0.29, 0.717) is 10.5 Å². The molecule has 1 rings (SSSR count). The van der Waals surface area contributed by atoms with Crippen molar-refractivity contribution in [1.29, 1.82) is 0 Å². The van der Waals surface area contributed by atoms with Crippen LogP contribution in [0.2, 0.25) is 0 Å². The number of rotatable bonds is 3. The standard InChI is InChI=1S/C11H12BrF3N4O/c1-19-5-6(12)4-7(10(19)20)18-9(17)3-2-8(16)11(13,14)15/h2-5,18H,16-17H2,1H3/b8-2-,9-3+. The highest BCUT2D eigenvalue weighted by Crippen LogP contribution is 2.21. The second kappa shape index (κ2) is 6.04. The summed E-state index contributed by atoms with van der Waals surface area (Å²) < 4.78 is 38.4. The predicted molar refractivity (Wildman–Crippen MR) is 73.6 cm³/mol. The van der Waals surface area contributed by atoms with E-state index in [1.807, 2.05) is 0 Å². The first-order valence-corrected chi connectivity index (χ1v) is 6.04. The van der Waals surface area contributed by atoms with Gasteiger partial charge in [-0.2, -0.15) is 13.2 Å². The van der Waals surface area contributed by atoms with E-state index in [-0.39, 0.29) is 17.1 Å². The van der Waals surface area contributed by atoms with Crippen LogP contribution in [0.25, 0.3) is 0 Å². The molecule has 0 saturated heterocycles. The molecule has 1 aromatic rings. The molecule has 0 amide bonds. The molecule has 0 unspecified atom stereocenters. The van der Waals surface area contributed by atoms with Gasteiger partial charge in [-0.1, -0.05) is 0 Å². The van der Waals surface area contributed by atoms with E-state index < -0.39 is 11.9 Å². The zero-order chi connectivity index (χ0) is 15.5. The lowest BCUT2D eigenvalue weighted by molar-refractivity contribution is -0.0926. The summed E-state index contributed by atoms with van der Waals surface area (Å²) >= 11 is 3.18. The fourth-order valence-electron chi connectivity index (χ4n) is 1.23. The highest BCUT2D eigenvalue weighted by Gasteiger charge is 2.30. The molecule has 0 bridgehead atoms. The average Bonchev–Trinajstić information content (AvgIpc) is 2.31. The number of nitrogens with zero attached hydrogens (tertiary/aromatic N) is 1. The van der Waals surface area contributed by atoms with Gasteiger partial charge < -0.3 is 21.4 Å². The Morgan fingerprint density at radius 1 is 1.40 bits per heavy atom. The molecule has 1 aromatic heterocycles. The van der Waals surface area contributed by atoms with Gasteiger partial charge in [-0.3, -0.25) is 4.79 Å². The molecule has 0 aliphatic carbocycles. The first kappa shape index (κ1) is 16.2. The van der Waals surface area contributed by atoms with E-state index in [4.69, 9.17) is 11.5 Å². The van der Waals surface area contributed by atoms with Gasteiger partial charge in [-0.15, -0.1) is 0 Å². The van der Waals surface area contributed by atoms with Crippen LogP contribution in [-0.4, -0.2) is 10.7 Å². The maximum absolute atomic E-state index is 12.2. The van der Waals surface area contributed by atoms with Crippen molar-refractivity contribution in [2.75, 3.05) is 5.32 Å². The summed E-state index contributed by atoms with van der Waals surface area (Å²) in [6.45, 7) is 0. The zero-order valence-corrected chi connectivity index (χ0v) is 11.9. The van der Waals surface area contributed by atoms with Gasteiger partial charge in [-0.05, 0) is 34.1 Å². The van der Waals surface area contributed by atoms with Crippen LogP contribution >= 0.6 is 15.9 Å². The van der Waals surface area contributed by atoms with Gasteiger partial charge >= 0.3 is 6.18 Å². The number of halogens is 4. The van der Waals surface area contributed by atoms with Crippen LogP contribution in [0, 0.1) is 0 Å². The number of nitrogens with one attached hydrogen (secondary N) is 1. The van der Waals surface area contributed by atoms with Crippen LogP contribution in [0.1, 0.15) is 0 Å². The minimum atomic E-state index is -4.62. The monoisotopic (exact) mass is 352 g/mol. The molecule has 0 spiro atoms. The molecule has 0 radical (unpaired) electrons. The van der Waals surface area contributed by atoms with Crippen molar-refractivity contribution in [3.8, 4) is 0 Å². The summed E-state index contributed by atoms with van der Waals surface area (Å²) in [6.07, 6.45) is -1.54. The van der Waals surface area contributed by atoms with Crippen molar-refractivity contribution >= 4 is 21.6 Å². The molecule has 0 atom stereocenters. The summed E-state index contributed by atoms with van der Waals surface area (Å²) in [6, 6.07) is 1.46. The van der Waals surface area contributed by atoms with Gasteiger partial charge in [0.1, 0.15) is 17.2 Å². The summed E-state index contributed by atoms with van der Waals surface area (Å²) in [5.41, 5.74) is 8.75. The van der Waals surface area contributed by atoms with E-state index in [1.54, 1.807) is 0 Å². The second-order valence-electron chi connectivity index (χ2n) is 3.85. The molecule has 0 fully saturated rings. The second-order valence-corrected chi connectivity index (χ2v) is 4.77. The number of hydrogen-bond acceptors (Lipinski definition) is 4. The van der Waals surface area contributed by atoms with Crippen molar-refractivity contribution in [1.82, 2.24) is 4.57 Å². The maximum Gasteiger partial charge on any atom is 0.430 e. The van der Waals surface area contributed by atoms with Crippen molar-refractivity contribution in [3.63, 3.8) is 0 Å². The van der Waals surface area contributed by atoms with Crippen LogP contribution in [0.4, 0.5) is 18.9 Å². The third-order valence-electron chi connectivity index (χ3n) is 2.20. The lowest BCUT2D eigenvalue weighted by Gasteiger charge is -2.08. The van der Waals surface area contributed by atoms with E-state index >= 15 is 0 Å². The molecular weight excluding hydrogens is 341 g/mol. The van der Waals surface area contributed by atoms with Gasteiger partial charge in [0, 0.05) is 17.7 Å². The summed E-state index contributed by atoms with van der Waals surface area (Å²) in [7, 11) is 1.53. The number of aromatic nitrogens is 1. The molecule has 0 aliphatic rings. The van der Waals surface area contributed by atoms with Crippen LogP contribution < -0.4 is 22.3 Å².